The van der Waals surface area contributed by atoms with Gasteiger partial charge in [0.05, 0.1) is 0 Å². The first-order chi connectivity index (χ1) is 13.1. The molecule has 0 N–H and O–H groups in total. The average molecular weight is 375 g/mol. The Morgan fingerprint density at radius 3 is 1.93 bits per heavy atom. The zero-order chi connectivity index (χ0) is 20.4. The normalized spacial score (nSPS) is 26.1. The second-order valence-electron chi connectivity index (χ2n) is 10.4. The molecule has 1 aromatic carbocycles. The highest BCUT2D eigenvalue weighted by atomic mass is 14.5. The van der Waals surface area contributed by atoms with Gasteiger partial charge in [0, 0.05) is 10.8 Å². The molecule has 0 fully saturated rings. The molecule has 1 unspecified atom stereocenters. The highest BCUT2D eigenvalue weighted by Gasteiger charge is 2.49. The molecule has 0 heterocycles. The first-order valence-electron chi connectivity index (χ1n) is 11.3. The van der Waals surface area contributed by atoms with E-state index in [1.54, 1.807) is 33.4 Å². The van der Waals surface area contributed by atoms with Crippen molar-refractivity contribution >= 4 is 6.08 Å². The zero-order valence-electron chi connectivity index (χ0n) is 19.3. The van der Waals surface area contributed by atoms with Crippen LogP contribution in [0.5, 0.6) is 0 Å². The highest BCUT2D eigenvalue weighted by molar-refractivity contribution is 5.71. The van der Waals surface area contributed by atoms with Crippen molar-refractivity contribution in [2.45, 2.75) is 92.9 Å². The smallest absolute Gasteiger partial charge is 0.0202 e. The standard InChI is InChI=1S/C28H38/c1-17(2)28(16-27(8)21(6)19(4)20(5)22(27)7)18(3)13-25-14-23-11-9-10-12-24(23)15-26(25)28/h13-15,17H,9-12,16H2,1-8H3. The second kappa shape index (κ2) is 6.48. The summed E-state index contributed by atoms with van der Waals surface area (Å²) in [6.45, 7) is 19.2. The zero-order valence-corrected chi connectivity index (χ0v) is 19.3. The fourth-order valence-electron chi connectivity index (χ4n) is 6.58. The molecule has 0 spiro atoms. The summed E-state index contributed by atoms with van der Waals surface area (Å²) in [4.78, 5) is 0. The van der Waals surface area contributed by atoms with Crippen LogP contribution in [-0.2, 0) is 18.3 Å². The second-order valence-corrected chi connectivity index (χ2v) is 10.4. The van der Waals surface area contributed by atoms with Crippen molar-refractivity contribution in [2.24, 2.45) is 11.3 Å². The van der Waals surface area contributed by atoms with E-state index in [2.05, 4.69) is 73.6 Å². The SMILES string of the molecule is CC1=Cc2cc3c(cc2C1(CC1(C)C(C)=C(C)C(C)=C1C)C(C)C)CCCC3. The van der Waals surface area contributed by atoms with E-state index in [4.69, 9.17) is 0 Å². The summed E-state index contributed by atoms with van der Waals surface area (Å²) in [5, 5.41) is 0. The molecule has 0 aromatic heterocycles. The van der Waals surface area contributed by atoms with Gasteiger partial charge < -0.3 is 0 Å². The van der Waals surface area contributed by atoms with Gasteiger partial charge in [-0.1, -0.05) is 55.7 Å². The molecule has 0 nitrogen and oxygen atoms in total. The molecule has 0 heteroatoms. The van der Waals surface area contributed by atoms with E-state index in [1.165, 1.54) is 48.8 Å². The van der Waals surface area contributed by atoms with Crippen LogP contribution in [0.15, 0.2) is 40.0 Å². The van der Waals surface area contributed by atoms with E-state index in [9.17, 15) is 0 Å². The Morgan fingerprint density at radius 1 is 0.857 bits per heavy atom. The third-order valence-corrected chi connectivity index (χ3v) is 9.03. The first-order valence-corrected chi connectivity index (χ1v) is 11.3. The molecule has 3 aliphatic carbocycles. The summed E-state index contributed by atoms with van der Waals surface area (Å²) in [5.41, 5.74) is 14.4. The van der Waals surface area contributed by atoms with Crippen LogP contribution in [0.2, 0.25) is 0 Å². The molecule has 150 valence electrons. The monoisotopic (exact) mass is 374 g/mol. The maximum atomic E-state index is 2.62. The Kier molecular flexibility index (Phi) is 4.57. The van der Waals surface area contributed by atoms with Gasteiger partial charge in [-0.05, 0) is 106 Å². The van der Waals surface area contributed by atoms with Gasteiger partial charge in [0.25, 0.3) is 0 Å². The Hall–Kier alpha value is -1.56. The lowest BCUT2D eigenvalue weighted by atomic mass is 9.58. The highest BCUT2D eigenvalue weighted by Crippen LogP contribution is 2.59. The van der Waals surface area contributed by atoms with Gasteiger partial charge in [-0.15, -0.1) is 0 Å². The van der Waals surface area contributed by atoms with Crippen molar-refractivity contribution in [1.82, 2.24) is 0 Å². The third-order valence-electron chi connectivity index (χ3n) is 9.03. The number of allylic oxidation sites excluding steroid dienone is 5. The van der Waals surface area contributed by atoms with Crippen LogP contribution in [0.3, 0.4) is 0 Å². The van der Waals surface area contributed by atoms with Crippen molar-refractivity contribution in [3.8, 4) is 0 Å². The van der Waals surface area contributed by atoms with Gasteiger partial charge >= 0.3 is 0 Å². The van der Waals surface area contributed by atoms with Gasteiger partial charge in [-0.3, -0.25) is 0 Å². The lowest BCUT2D eigenvalue weighted by Gasteiger charge is -2.45. The molecule has 28 heavy (non-hydrogen) atoms. The number of aryl methyl sites for hydroxylation is 2. The largest absolute Gasteiger partial charge is 0.0618 e. The molecule has 0 radical (unpaired) electrons. The molecule has 0 bridgehead atoms. The van der Waals surface area contributed by atoms with Gasteiger partial charge in [-0.25, -0.2) is 0 Å². The van der Waals surface area contributed by atoms with Gasteiger partial charge in [0.2, 0.25) is 0 Å². The molecule has 1 aromatic rings. The van der Waals surface area contributed by atoms with E-state index in [0.717, 1.165) is 0 Å². The molecule has 0 saturated heterocycles. The fraction of sp³-hybridized carbons (Fsp3) is 0.571. The Labute approximate surface area is 172 Å². The molecule has 0 amide bonds. The van der Waals surface area contributed by atoms with Crippen molar-refractivity contribution in [3.63, 3.8) is 0 Å². The van der Waals surface area contributed by atoms with Crippen LogP contribution in [0.1, 0.15) is 96.9 Å². The predicted octanol–water partition coefficient (Wildman–Crippen LogP) is 7.96. The van der Waals surface area contributed by atoms with Crippen LogP contribution < -0.4 is 0 Å². The molecule has 1 atom stereocenters. The summed E-state index contributed by atoms with van der Waals surface area (Å²) in [7, 11) is 0. The molecular formula is C28H38. The summed E-state index contributed by atoms with van der Waals surface area (Å²) < 4.78 is 0. The minimum Gasteiger partial charge on any atom is -0.0618 e. The fourth-order valence-corrected chi connectivity index (χ4v) is 6.58. The molecule has 0 aliphatic heterocycles. The molecular weight excluding hydrogens is 336 g/mol. The van der Waals surface area contributed by atoms with E-state index in [-0.39, 0.29) is 10.8 Å². The van der Waals surface area contributed by atoms with Gasteiger partial charge in [0.15, 0.2) is 0 Å². The average Bonchev–Trinajstić information content (AvgIpc) is 3.01. The number of hydrogen-bond acceptors (Lipinski definition) is 0. The van der Waals surface area contributed by atoms with Crippen LogP contribution in [0.4, 0.5) is 0 Å². The van der Waals surface area contributed by atoms with Crippen LogP contribution in [0.25, 0.3) is 6.08 Å². The van der Waals surface area contributed by atoms with Crippen molar-refractivity contribution in [3.05, 3.63) is 62.3 Å². The van der Waals surface area contributed by atoms with Crippen molar-refractivity contribution in [1.29, 1.82) is 0 Å². The minimum absolute atomic E-state index is 0.143. The lowest BCUT2D eigenvalue weighted by molar-refractivity contribution is 0.260. The topological polar surface area (TPSA) is 0 Å². The van der Waals surface area contributed by atoms with Crippen molar-refractivity contribution < 1.29 is 0 Å². The Morgan fingerprint density at radius 2 is 1.39 bits per heavy atom. The van der Waals surface area contributed by atoms with Crippen LogP contribution in [-0.4, -0.2) is 0 Å². The quantitative estimate of drug-likeness (QED) is 0.503. The summed E-state index contributed by atoms with van der Waals surface area (Å²) >= 11 is 0. The van der Waals surface area contributed by atoms with Gasteiger partial charge in [-0.2, -0.15) is 0 Å². The summed E-state index contributed by atoms with van der Waals surface area (Å²) in [6, 6.07) is 5.16. The molecule has 4 rings (SSSR count). The number of hydrogen-bond donors (Lipinski definition) is 0. The molecule has 3 aliphatic rings. The lowest BCUT2D eigenvalue weighted by Crippen LogP contribution is -2.39. The number of benzene rings is 1. The van der Waals surface area contributed by atoms with Crippen molar-refractivity contribution in [2.75, 3.05) is 0 Å². The van der Waals surface area contributed by atoms with Crippen LogP contribution in [0, 0.1) is 11.3 Å². The third kappa shape index (κ3) is 2.49. The first kappa shape index (κ1) is 19.7. The molecule has 0 saturated carbocycles. The minimum atomic E-state index is 0.143. The van der Waals surface area contributed by atoms with E-state index in [0.29, 0.717) is 5.92 Å². The maximum Gasteiger partial charge on any atom is 0.0202 e. The maximum absolute atomic E-state index is 2.62. The summed E-state index contributed by atoms with van der Waals surface area (Å²) in [6.07, 6.45) is 8.95. The predicted molar refractivity (Wildman–Crippen MR) is 123 cm³/mol. The van der Waals surface area contributed by atoms with E-state index in [1.807, 2.05) is 0 Å². The Balaban J connectivity index is 1.89. The summed E-state index contributed by atoms with van der Waals surface area (Å²) in [5.74, 6) is 0.588. The van der Waals surface area contributed by atoms with Gasteiger partial charge in [0.1, 0.15) is 0 Å². The van der Waals surface area contributed by atoms with E-state index >= 15 is 0 Å². The van der Waals surface area contributed by atoms with E-state index < -0.39 is 0 Å². The Bertz CT molecular complexity index is 907. The number of fused-ring (bicyclic) bond motifs is 2. The number of rotatable bonds is 3. The van der Waals surface area contributed by atoms with Crippen LogP contribution >= 0.6 is 0 Å².